The number of alkyl halides is 3. The molecule has 38 heavy (non-hydrogen) atoms. The summed E-state index contributed by atoms with van der Waals surface area (Å²) in [6.45, 7) is 0. The van der Waals surface area contributed by atoms with E-state index in [0.717, 1.165) is 56.4 Å². The van der Waals surface area contributed by atoms with Crippen molar-refractivity contribution in [2.45, 2.75) is 50.4 Å². The van der Waals surface area contributed by atoms with Crippen molar-refractivity contribution in [1.82, 2.24) is 9.88 Å². The summed E-state index contributed by atoms with van der Waals surface area (Å²) in [7, 11) is 1.44. The molecule has 1 aliphatic carbocycles. The zero-order valence-electron chi connectivity index (χ0n) is 20.6. The molecule has 1 fully saturated rings. The van der Waals surface area contributed by atoms with Crippen LogP contribution in [0.1, 0.15) is 49.3 Å². The zero-order valence-corrected chi connectivity index (χ0v) is 20.6. The molecule has 1 heterocycles. The molecule has 0 spiro atoms. The first-order chi connectivity index (χ1) is 18.2. The van der Waals surface area contributed by atoms with E-state index in [2.05, 4.69) is 5.32 Å². The van der Waals surface area contributed by atoms with Gasteiger partial charge < -0.3 is 10.1 Å². The molecule has 1 atom stereocenters. The number of nitrogens with zero attached hydrogens (tertiary/aromatic N) is 1. The number of pyridine rings is 1. The second kappa shape index (κ2) is 10.1. The maximum Gasteiger partial charge on any atom is 0.416 e. The van der Waals surface area contributed by atoms with E-state index < -0.39 is 35.1 Å². The van der Waals surface area contributed by atoms with Gasteiger partial charge in [-0.1, -0.05) is 37.5 Å². The summed E-state index contributed by atoms with van der Waals surface area (Å²) in [5.74, 6) is -0.807. The van der Waals surface area contributed by atoms with Crippen LogP contribution in [0.4, 0.5) is 17.6 Å². The van der Waals surface area contributed by atoms with Gasteiger partial charge >= 0.3 is 6.18 Å². The van der Waals surface area contributed by atoms with Crippen LogP contribution >= 0.6 is 0 Å². The van der Waals surface area contributed by atoms with Crippen molar-refractivity contribution in [3.63, 3.8) is 0 Å². The van der Waals surface area contributed by atoms with E-state index in [4.69, 9.17) is 4.74 Å². The molecule has 0 radical (unpaired) electrons. The van der Waals surface area contributed by atoms with Gasteiger partial charge in [-0.3, -0.25) is 14.2 Å². The fraction of sp³-hybridized carbons (Fsp3) is 0.310. The van der Waals surface area contributed by atoms with Gasteiger partial charge in [0.05, 0.1) is 18.2 Å². The predicted octanol–water partition coefficient (Wildman–Crippen LogP) is 6.36. The van der Waals surface area contributed by atoms with Gasteiger partial charge in [0.1, 0.15) is 17.6 Å². The summed E-state index contributed by atoms with van der Waals surface area (Å²) in [6, 6.07) is 11.7. The number of benzene rings is 3. The molecule has 0 bridgehead atoms. The number of fused-ring (bicyclic) bond motifs is 3. The highest BCUT2D eigenvalue weighted by Crippen LogP contribution is 2.36. The van der Waals surface area contributed by atoms with Crippen LogP contribution < -0.4 is 15.6 Å². The number of methoxy groups -OCH3 is 1. The summed E-state index contributed by atoms with van der Waals surface area (Å²) in [4.78, 5) is 27.9. The SMILES string of the molecule is COc1ccccc1C(C(=O)NC1CCCCC1)n1c(=O)c2ccc(F)cc2c2cc(C(F)(F)F)ccc21. The number of amides is 1. The third kappa shape index (κ3) is 4.73. The van der Waals surface area contributed by atoms with E-state index >= 15 is 0 Å². The average Bonchev–Trinajstić information content (AvgIpc) is 2.90. The van der Waals surface area contributed by atoms with E-state index in [1.807, 2.05) is 0 Å². The van der Waals surface area contributed by atoms with Gasteiger partial charge in [-0.15, -0.1) is 0 Å². The van der Waals surface area contributed by atoms with Crippen LogP contribution in [-0.4, -0.2) is 23.6 Å². The minimum atomic E-state index is -4.66. The maximum atomic E-state index is 14.2. The Bertz CT molecular complexity index is 1570. The molecule has 0 aliphatic heterocycles. The van der Waals surface area contributed by atoms with E-state index in [-0.39, 0.29) is 27.7 Å². The molecule has 1 aliphatic rings. The number of hydrogen-bond acceptors (Lipinski definition) is 3. The van der Waals surface area contributed by atoms with Crippen molar-refractivity contribution >= 4 is 27.6 Å². The zero-order chi connectivity index (χ0) is 27.0. The van der Waals surface area contributed by atoms with Crippen molar-refractivity contribution in [1.29, 1.82) is 0 Å². The minimum absolute atomic E-state index is 0.00332. The molecule has 1 unspecified atom stereocenters. The molecular formula is C29H26F4N2O3. The number of ether oxygens (including phenoxy) is 1. The summed E-state index contributed by atoms with van der Waals surface area (Å²) in [5.41, 5.74) is -1.10. The molecule has 1 aromatic heterocycles. The highest BCUT2D eigenvalue weighted by molar-refractivity contribution is 6.06. The number of para-hydroxylation sites is 1. The van der Waals surface area contributed by atoms with Gasteiger partial charge in [0.25, 0.3) is 5.56 Å². The first-order valence-corrected chi connectivity index (χ1v) is 12.5. The Morgan fingerprint density at radius 3 is 2.42 bits per heavy atom. The number of halogens is 4. The Balaban J connectivity index is 1.82. The highest BCUT2D eigenvalue weighted by Gasteiger charge is 2.34. The average molecular weight is 527 g/mol. The Kier molecular flexibility index (Phi) is 6.86. The number of hydrogen-bond donors (Lipinski definition) is 1. The van der Waals surface area contributed by atoms with Crippen LogP contribution in [-0.2, 0) is 11.0 Å². The topological polar surface area (TPSA) is 60.3 Å². The Morgan fingerprint density at radius 2 is 1.71 bits per heavy atom. The van der Waals surface area contributed by atoms with Gasteiger partial charge in [0, 0.05) is 22.4 Å². The van der Waals surface area contributed by atoms with E-state index in [1.165, 1.54) is 23.8 Å². The smallest absolute Gasteiger partial charge is 0.416 e. The third-order valence-electron chi connectivity index (χ3n) is 7.20. The summed E-state index contributed by atoms with van der Waals surface area (Å²) in [5, 5.41) is 3.11. The van der Waals surface area contributed by atoms with Crippen LogP contribution in [0.3, 0.4) is 0 Å². The lowest BCUT2D eigenvalue weighted by Crippen LogP contribution is -2.43. The number of nitrogens with one attached hydrogen (secondary N) is 1. The van der Waals surface area contributed by atoms with Crippen molar-refractivity contribution in [2.75, 3.05) is 7.11 Å². The summed E-state index contributed by atoms with van der Waals surface area (Å²) < 4.78 is 61.9. The molecule has 5 nitrogen and oxygen atoms in total. The van der Waals surface area contributed by atoms with Crippen LogP contribution in [0.2, 0.25) is 0 Å². The van der Waals surface area contributed by atoms with E-state index in [1.54, 1.807) is 24.3 Å². The van der Waals surface area contributed by atoms with Gasteiger partial charge in [-0.2, -0.15) is 13.2 Å². The normalized spacial score (nSPS) is 15.5. The van der Waals surface area contributed by atoms with Crippen LogP contribution in [0.25, 0.3) is 21.7 Å². The largest absolute Gasteiger partial charge is 0.496 e. The molecule has 0 saturated heterocycles. The summed E-state index contributed by atoms with van der Waals surface area (Å²) >= 11 is 0. The molecule has 198 valence electrons. The van der Waals surface area contributed by atoms with E-state index in [9.17, 15) is 27.2 Å². The van der Waals surface area contributed by atoms with Crippen molar-refractivity contribution in [3.8, 4) is 5.75 Å². The first kappa shape index (κ1) is 25.8. The fourth-order valence-corrected chi connectivity index (χ4v) is 5.38. The van der Waals surface area contributed by atoms with Crippen molar-refractivity contribution in [3.05, 3.63) is 88.0 Å². The Hall–Kier alpha value is -3.88. The van der Waals surface area contributed by atoms with Gasteiger partial charge in [-0.05, 0) is 60.7 Å². The number of aromatic nitrogens is 1. The second-order valence-electron chi connectivity index (χ2n) is 9.58. The lowest BCUT2D eigenvalue weighted by Gasteiger charge is -2.28. The number of rotatable bonds is 5. The monoisotopic (exact) mass is 526 g/mol. The molecule has 1 amide bonds. The van der Waals surface area contributed by atoms with Crippen molar-refractivity contribution < 1.29 is 27.1 Å². The fourth-order valence-electron chi connectivity index (χ4n) is 5.38. The lowest BCUT2D eigenvalue weighted by molar-refractivity contribution is -0.137. The minimum Gasteiger partial charge on any atom is -0.496 e. The van der Waals surface area contributed by atoms with Crippen LogP contribution in [0.15, 0.2) is 65.5 Å². The Morgan fingerprint density at radius 1 is 0.974 bits per heavy atom. The standard InChI is InChI=1S/C29H26F4N2O3/c1-38-25-10-6-5-9-21(25)26(27(36)34-19-7-3-2-4-8-19)35-24-14-11-17(29(31,32)33)15-23(24)22-16-18(30)12-13-20(22)28(35)37/h5-6,9-16,19,26H,2-4,7-8H2,1H3,(H,34,36). The summed E-state index contributed by atoms with van der Waals surface area (Å²) in [6.07, 6.45) is -0.0495. The molecular weight excluding hydrogens is 500 g/mol. The molecule has 3 aromatic carbocycles. The molecule has 9 heteroatoms. The Labute approximate surface area is 216 Å². The quantitative estimate of drug-likeness (QED) is 0.243. The molecule has 1 saturated carbocycles. The first-order valence-electron chi connectivity index (χ1n) is 12.5. The molecule has 5 rings (SSSR count). The van der Waals surface area contributed by atoms with E-state index in [0.29, 0.717) is 11.3 Å². The van der Waals surface area contributed by atoms with Crippen LogP contribution in [0, 0.1) is 5.82 Å². The third-order valence-corrected chi connectivity index (χ3v) is 7.20. The molecule has 4 aromatic rings. The molecule has 1 N–H and O–H groups in total. The van der Waals surface area contributed by atoms with Gasteiger partial charge in [0.15, 0.2) is 0 Å². The maximum absolute atomic E-state index is 14.2. The predicted molar refractivity (Wildman–Crippen MR) is 137 cm³/mol. The second-order valence-corrected chi connectivity index (χ2v) is 9.58. The van der Waals surface area contributed by atoms with Crippen molar-refractivity contribution in [2.24, 2.45) is 0 Å². The number of carbonyl (C=O) groups excluding carboxylic acids is 1. The highest BCUT2D eigenvalue weighted by atomic mass is 19.4. The van der Waals surface area contributed by atoms with Gasteiger partial charge in [0.2, 0.25) is 5.91 Å². The number of carbonyl (C=O) groups is 1. The van der Waals surface area contributed by atoms with Gasteiger partial charge in [-0.25, -0.2) is 4.39 Å². The lowest BCUT2D eigenvalue weighted by atomic mass is 9.94. The van der Waals surface area contributed by atoms with Crippen LogP contribution in [0.5, 0.6) is 5.75 Å².